The van der Waals surface area contributed by atoms with Gasteiger partial charge in [0.15, 0.2) is 5.82 Å². The normalized spacial score (nSPS) is 11.4. The topological polar surface area (TPSA) is 94.3 Å². The zero-order valence-corrected chi connectivity index (χ0v) is 18.8. The number of tetrazole rings is 1. The monoisotopic (exact) mass is 431 g/mol. The molecule has 0 atom stereocenters. The number of aromatic nitrogens is 7. The Morgan fingerprint density at radius 2 is 1.91 bits per heavy atom. The number of rotatable bonds is 9. The van der Waals surface area contributed by atoms with E-state index < -0.39 is 0 Å². The molecule has 4 aromatic rings. The Morgan fingerprint density at radius 1 is 1.09 bits per heavy atom. The summed E-state index contributed by atoms with van der Waals surface area (Å²) in [5.41, 5.74) is 4.84. The lowest BCUT2D eigenvalue weighted by Gasteiger charge is -2.09. The van der Waals surface area contributed by atoms with Crippen LogP contribution in [-0.4, -0.2) is 34.7 Å². The van der Waals surface area contributed by atoms with E-state index in [-0.39, 0.29) is 5.69 Å². The zero-order chi connectivity index (χ0) is 22.5. The first-order valence-corrected chi connectivity index (χ1v) is 11.1. The molecule has 0 saturated heterocycles. The quantitative estimate of drug-likeness (QED) is 0.433. The third kappa shape index (κ3) is 4.69. The average molecular weight is 432 g/mol. The van der Waals surface area contributed by atoms with E-state index in [1.54, 1.807) is 0 Å². The highest BCUT2D eigenvalue weighted by atomic mass is 16.1. The van der Waals surface area contributed by atoms with E-state index in [1.807, 2.05) is 57.9 Å². The first-order chi connectivity index (χ1) is 15.6. The number of aromatic amines is 1. The van der Waals surface area contributed by atoms with Crippen LogP contribution >= 0.6 is 0 Å². The number of pyridine rings is 1. The van der Waals surface area contributed by atoms with E-state index in [4.69, 9.17) is 0 Å². The van der Waals surface area contributed by atoms with Gasteiger partial charge in [0.2, 0.25) is 0 Å². The third-order valence-electron chi connectivity index (χ3n) is 5.57. The summed E-state index contributed by atoms with van der Waals surface area (Å²) in [6, 6.07) is 11.9. The second kappa shape index (κ2) is 9.72. The van der Waals surface area contributed by atoms with Crippen LogP contribution in [0, 0.1) is 5.92 Å². The molecule has 32 heavy (non-hydrogen) atoms. The van der Waals surface area contributed by atoms with Crippen LogP contribution in [-0.2, 0) is 19.5 Å². The van der Waals surface area contributed by atoms with Gasteiger partial charge in [-0.2, -0.15) is 0 Å². The van der Waals surface area contributed by atoms with Gasteiger partial charge in [-0.05, 0) is 40.8 Å². The molecule has 0 bridgehead atoms. The summed E-state index contributed by atoms with van der Waals surface area (Å²) < 4.78 is 3.71. The number of nitrogens with one attached hydrogen (secondary N) is 1. The molecule has 0 fully saturated rings. The lowest BCUT2D eigenvalue weighted by atomic mass is 10.0. The minimum Gasteiger partial charge on any atom is -0.299 e. The van der Waals surface area contributed by atoms with Crippen molar-refractivity contribution in [3.8, 4) is 22.5 Å². The molecule has 0 aliphatic carbocycles. The van der Waals surface area contributed by atoms with Gasteiger partial charge in [0, 0.05) is 35.8 Å². The van der Waals surface area contributed by atoms with Crippen molar-refractivity contribution in [1.82, 2.24) is 34.7 Å². The molecule has 3 aromatic heterocycles. The van der Waals surface area contributed by atoms with Crippen molar-refractivity contribution in [3.63, 3.8) is 0 Å². The molecule has 0 aliphatic heterocycles. The van der Waals surface area contributed by atoms with Gasteiger partial charge in [-0.3, -0.25) is 14.1 Å². The number of aryl methyl sites for hydroxylation is 2. The van der Waals surface area contributed by atoms with E-state index in [9.17, 15) is 4.79 Å². The summed E-state index contributed by atoms with van der Waals surface area (Å²) in [7, 11) is 0. The fourth-order valence-corrected chi connectivity index (χ4v) is 3.82. The predicted octanol–water partition coefficient (Wildman–Crippen LogP) is 3.94. The number of hydrogen-bond donors (Lipinski definition) is 1. The molecule has 1 aromatic carbocycles. The average Bonchev–Trinajstić information content (AvgIpc) is 3.43. The number of hydrogen-bond acceptors (Lipinski definition) is 5. The lowest BCUT2D eigenvalue weighted by Crippen LogP contribution is -2.26. The van der Waals surface area contributed by atoms with E-state index in [0.717, 1.165) is 53.9 Å². The molecule has 0 amide bonds. The van der Waals surface area contributed by atoms with Crippen molar-refractivity contribution in [1.29, 1.82) is 0 Å². The van der Waals surface area contributed by atoms with Crippen molar-refractivity contribution >= 4 is 0 Å². The third-order valence-corrected chi connectivity index (χ3v) is 5.57. The van der Waals surface area contributed by atoms with Crippen molar-refractivity contribution in [3.05, 3.63) is 70.7 Å². The SMILES string of the molecule is CCCc1cn(CCC(C)C)c(=O)n1Cc1ccc(-c2ccccc2-c2nnn[nH]2)cn1. The summed E-state index contributed by atoms with van der Waals surface area (Å²) in [6.07, 6.45) is 6.72. The van der Waals surface area contributed by atoms with Crippen LogP contribution in [0.2, 0.25) is 0 Å². The van der Waals surface area contributed by atoms with Gasteiger partial charge in [0.1, 0.15) is 0 Å². The number of H-pyrrole nitrogens is 1. The smallest absolute Gasteiger partial charge is 0.299 e. The number of benzene rings is 1. The molecule has 0 aliphatic rings. The maximum Gasteiger partial charge on any atom is 0.328 e. The van der Waals surface area contributed by atoms with Crippen LogP contribution in [0.3, 0.4) is 0 Å². The predicted molar refractivity (Wildman–Crippen MR) is 124 cm³/mol. The second-order valence-electron chi connectivity index (χ2n) is 8.45. The summed E-state index contributed by atoms with van der Waals surface area (Å²) in [5.74, 6) is 1.17. The van der Waals surface area contributed by atoms with E-state index in [1.165, 1.54) is 0 Å². The minimum absolute atomic E-state index is 0.0446. The molecule has 4 rings (SSSR count). The van der Waals surface area contributed by atoms with Crippen LogP contribution in [0.1, 0.15) is 45.0 Å². The van der Waals surface area contributed by atoms with Gasteiger partial charge >= 0.3 is 5.69 Å². The van der Waals surface area contributed by atoms with E-state index in [0.29, 0.717) is 18.3 Å². The molecule has 0 saturated carbocycles. The molecule has 8 heteroatoms. The Bertz CT molecular complexity index is 1200. The Morgan fingerprint density at radius 3 is 2.56 bits per heavy atom. The standard InChI is InChI=1S/C24H29N7O/c1-4-7-20-16-30(13-12-17(2)3)24(32)31(20)15-19-11-10-18(14-25-19)21-8-5-6-9-22(21)23-26-28-29-27-23/h5-6,8-11,14,16-17H,4,7,12-13,15H2,1-3H3,(H,26,27,28,29). The Hall–Kier alpha value is -3.55. The van der Waals surface area contributed by atoms with Crippen LogP contribution in [0.4, 0.5) is 0 Å². The highest BCUT2D eigenvalue weighted by molar-refractivity contribution is 5.79. The Kier molecular flexibility index (Phi) is 6.58. The van der Waals surface area contributed by atoms with Crippen LogP contribution in [0.5, 0.6) is 0 Å². The molecular weight excluding hydrogens is 402 g/mol. The van der Waals surface area contributed by atoms with Crippen LogP contribution in [0.15, 0.2) is 53.6 Å². The van der Waals surface area contributed by atoms with Crippen molar-refractivity contribution in [2.24, 2.45) is 5.92 Å². The van der Waals surface area contributed by atoms with Gasteiger partial charge in [-0.1, -0.05) is 57.5 Å². The Balaban J connectivity index is 1.60. The number of nitrogens with zero attached hydrogens (tertiary/aromatic N) is 6. The summed E-state index contributed by atoms with van der Waals surface area (Å²) in [4.78, 5) is 17.7. The largest absolute Gasteiger partial charge is 0.328 e. The summed E-state index contributed by atoms with van der Waals surface area (Å²) in [6.45, 7) is 7.71. The maximum atomic E-state index is 13.0. The molecule has 166 valence electrons. The first-order valence-electron chi connectivity index (χ1n) is 11.1. The molecule has 0 unspecified atom stereocenters. The van der Waals surface area contributed by atoms with E-state index in [2.05, 4.69) is 46.4 Å². The van der Waals surface area contributed by atoms with Crippen LogP contribution in [0.25, 0.3) is 22.5 Å². The van der Waals surface area contributed by atoms with E-state index >= 15 is 0 Å². The first kappa shape index (κ1) is 21.7. The maximum absolute atomic E-state index is 13.0. The minimum atomic E-state index is 0.0446. The van der Waals surface area contributed by atoms with Gasteiger partial charge in [0.25, 0.3) is 0 Å². The zero-order valence-electron chi connectivity index (χ0n) is 18.8. The molecular formula is C24H29N7O. The fraction of sp³-hybridized carbons (Fsp3) is 0.375. The molecule has 1 N–H and O–H groups in total. The van der Waals surface area contributed by atoms with Crippen molar-refractivity contribution in [2.75, 3.05) is 0 Å². The van der Waals surface area contributed by atoms with Gasteiger partial charge in [-0.25, -0.2) is 9.89 Å². The lowest BCUT2D eigenvalue weighted by molar-refractivity contribution is 0.502. The van der Waals surface area contributed by atoms with Gasteiger partial charge in [0.05, 0.1) is 12.2 Å². The summed E-state index contributed by atoms with van der Waals surface area (Å²) >= 11 is 0. The van der Waals surface area contributed by atoms with Crippen molar-refractivity contribution < 1.29 is 0 Å². The summed E-state index contributed by atoms with van der Waals surface area (Å²) in [5, 5.41) is 14.2. The molecule has 8 nitrogen and oxygen atoms in total. The highest BCUT2D eigenvalue weighted by Crippen LogP contribution is 2.29. The van der Waals surface area contributed by atoms with Crippen molar-refractivity contribution in [2.45, 2.75) is 53.1 Å². The highest BCUT2D eigenvalue weighted by Gasteiger charge is 2.14. The van der Waals surface area contributed by atoms with Gasteiger partial charge < -0.3 is 0 Å². The van der Waals surface area contributed by atoms with Crippen LogP contribution < -0.4 is 5.69 Å². The molecule has 0 radical (unpaired) electrons. The molecule has 3 heterocycles. The molecule has 0 spiro atoms. The number of imidazole rings is 1. The van der Waals surface area contributed by atoms with Gasteiger partial charge in [-0.15, -0.1) is 5.10 Å². The Labute approximate surface area is 187 Å². The second-order valence-corrected chi connectivity index (χ2v) is 8.45. The fourth-order valence-electron chi connectivity index (χ4n) is 3.82.